The molecule has 3 aliphatic rings. The van der Waals surface area contributed by atoms with E-state index in [1.807, 2.05) is 70.2 Å². The normalized spacial score (nSPS) is 18.8. The molecule has 0 spiro atoms. The number of nitrogens with zero attached hydrogens (tertiary/aromatic N) is 5. The van der Waals surface area contributed by atoms with Crippen LogP contribution < -0.4 is 15.5 Å². The first kappa shape index (κ1) is 40.0. The SMILES string of the molecule is COC(=O)N[C@H](C(=O)N1CCC[C@H]1c1ncc(-c2ccc3c(c2)CN(c2ccc(-c4cnc(C5CCCN5C(=O)[C@H](NC(=O)OC)C(C)C)[nH]4)cc2)C3=O)[nH]1)C(C)C. The molecule has 2 aromatic carbocycles. The zero-order valence-corrected chi connectivity index (χ0v) is 33.7. The largest absolute Gasteiger partial charge is 0.453 e. The van der Waals surface area contributed by atoms with Crippen LogP contribution in [0.25, 0.3) is 22.5 Å². The van der Waals surface area contributed by atoms with Gasteiger partial charge in [0, 0.05) is 24.3 Å². The van der Waals surface area contributed by atoms with Crippen molar-refractivity contribution in [3.8, 4) is 22.5 Å². The Balaban J connectivity index is 1.02. The van der Waals surface area contributed by atoms with Gasteiger partial charge in [0.2, 0.25) is 11.8 Å². The van der Waals surface area contributed by atoms with Crippen molar-refractivity contribution in [2.45, 2.75) is 84.1 Å². The number of carbonyl (C=O) groups excluding carboxylic acids is 5. The topological polar surface area (TPSA) is 195 Å². The van der Waals surface area contributed by atoms with Crippen molar-refractivity contribution >= 4 is 35.6 Å². The maximum Gasteiger partial charge on any atom is 0.407 e. The molecule has 2 saturated heterocycles. The van der Waals surface area contributed by atoms with Crippen LogP contribution in [0.4, 0.5) is 15.3 Å². The highest BCUT2D eigenvalue weighted by atomic mass is 16.5. The highest BCUT2D eigenvalue weighted by Crippen LogP contribution is 2.36. The lowest BCUT2D eigenvalue weighted by Gasteiger charge is -2.30. The van der Waals surface area contributed by atoms with E-state index < -0.39 is 24.3 Å². The first-order valence-electron chi connectivity index (χ1n) is 19.8. The van der Waals surface area contributed by atoms with Crippen LogP contribution in [0.3, 0.4) is 0 Å². The monoisotopic (exact) mass is 793 g/mol. The Bertz CT molecular complexity index is 2180. The minimum Gasteiger partial charge on any atom is -0.453 e. The number of imidazole rings is 2. The predicted molar refractivity (Wildman–Crippen MR) is 214 cm³/mol. The lowest BCUT2D eigenvalue weighted by molar-refractivity contribution is -0.136. The highest BCUT2D eigenvalue weighted by molar-refractivity contribution is 6.10. The van der Waals surface area contributed by atoms with E-state index in [0.717, 1.165) is 59.4 Å². The van der Waals surface area contributed by atoms with Crippen molar-refractivity contribution in [3.63, 3.8) is 0 Å². The van der Waals surface area contributed by atoms with Crippen molar-refractivity contribution in [1.82, 2.24) is 40.4 Å². The third kappa shape index (κ3) is 7.87. The first-order chi connectivity index (χ1) is 27.9. The molecule has 5 amide bonds. The number of rotatable bonds is 11. The number of aromatic nitrogens is 4. The molecule has 0 bridgehead atoms. The second-order valence-electron chi connectivity index (χ2n) is 15.8. The number of methoxy groups -OCH3 is 2. The molecule has 0 saturated carbocycles. The fourth-order valence-corrected chi connectivity index (χ4v) is 8.21. The number of amides is 5. The third-order valence-corrected chi connectivity index (χ3v) is 11.4. The molecule has 0 aliphatic carbocycles. The number of hydrogen-bond donors (Lipinski definition) is 4. The fourth-order valence-electron chi connectivity index (χ4n) is 8.21. The van der Waals surface area contributed by atoms with E-state index in [4.69, 9.17) is 9.47 Å². The molecule has 3 aliphatic heterocycles. The number of ether oxygens (including phenoxy) is 2. The van der Waals surface area contributed by atoms with Gasteiger partial charge in [0.15, 0.2) is 0 Å². The molecule has 7 rings (SSSR count). The van der Waals surface area contributed by atoms with Crippen molar-refractivity contribution in [2.24, 2.45) is 11.8 Å². The molecule has 5 heterocycles. The van der Waals surface area contributed by atoms with Gasteiger partial charge in [-0.25, -0.2) is 19.6 Å². The quantitative estimate of drug-likeness (QED) is 0.147. The van der Waals surface area contributed by atoms with E-state index in [9.17, 15) is 24.0 Å². The van der Waals surface area contributed by atoms with Crippen molar-refractivity contribution in [1.29, 1.82) is 0 Å². The number of anilines is 1. The van der Waals surface area contributed by atoms with Crippen LogP contribution in [-0.4, -0.2) is 99.0 Å². The number of carbonyl (C=O) groups is 5. The van der Waals surface area contributed by atoms with Crippen LogP contribution in [0, 0.1) is 11.8 Å². The lowest BCUT2D eigenvalue weighted by Crippen LogP contribution is -2.51. The molecule has 16 nitrogen and oxygen atoms in total. The number of fused-ring (bicyclic) bond motifs is 1. The molecule has 2 fully saturated rings. The van der Waals surface area contributed by atoms with Crippen molar-refractivity contribution < 1.29 is 33.4 Å². The maximum absolute atomic E-state index is 13.6. The number of likely N-dealkylation sites (tertiary alicyclic amines) is 2. The Morgan fingerprint density at radius 2 is 1.21 bits per heavy atom. The smallest absolute Gasteiger partial charge is 0.407 e. The summed E-state index contributed by atoms with van der Waals surface area (Å²) in [5, 5.41) is 5.36. The molecule has 2 aromatic heterocycles. The van der Waals surface area contributed by atoms with Gasteiger partial charge in [-0.05, 0) is 78.5 Å². The summed E-state index contributed by atoms with van der Waals surface area (Å²) >= 11 is 0. The fraction of sp³-hybridized carbons (Fsp3) is 0.452. The van der Waals surface area contributed by atoms with Gasteiger partial charge in [-0.2, -0.15) is 0 Å². The number of H-pyrrole nitrogens is 2. The Morgan fingerprint density at radius 1 is 0.724 bits per heavy atom. The van der Waals surface area contributed by atoms with Gasteiger partial charge >= 0.3 is 12.2 Å². The van der Waals surface area contributed by atoms with Gasteiger partial charge in [0.25, 0.3) is 5.91 Å². The summed E-state index contributed by atoms with van der Waals surface area (Å²) in [7, 11) is 2.55. The van der Waals surface area contributed by atoms with E-state index in [0.29, 0.717) is 36.8 Å². The van der Waals surface area contributed by atoms with Gasteiger partial charge in [-0.15, -0.1) is 0 Å². The standard InChI is InChI=1S/C42H51N9O7/c1-23(2)34(47-41(55)57-5)39(53)49-17-7-9-32(49)36-43-20-30(45-36)25-11-14-28(15-12-25)51-22-27-19-26(13-16-29(27)38(51)52)31-21-44-37(46-31)33-10-8-18-50(33)40(54)35(24(3)4)48-42(56)58-6/h11-16,19-21,23-24,32-35H,7-10,17-18,22H2,1-6H3,(H,43,45)(H,44,46)(H,47,55)(H,48,56)/t32?,33-,34+,35-/m0/s1. The molecule has 306 valence electrons. The second-order valence-corrected chi connectivity index (χ2v) is 15.8. The first-order valence-corrected chi connectivity index (χ1v) is 19.8. The zero-order valence-electron chi connectivity index (χ0n) is 33.7. The van der Waals surface area contributed by atoms with Gasteiger partial charge in [0.05, 0.1) is 56.6 Å². The maximum atomic E-state index is 13.6. The summed E-state index contributed by atoms with van der Waals surface area (Å²) in [4.78, 5) is 86.2. The van der Waals surface area contributed by atoms with E-state index in [-0.39, 0.29) is 41.6 Å². The number of aromatic amines is 2. The number of benzene rings is 2. The molecular formula is C42H51N9O7. The van der Waals surface area contributed by atoms with Gasteiger partial charge in [-0.3, -0.25) is 14.4 Å². The summed E-state index contributed by atoms with van der Waals surface area (Å²) in [6, 6.07) is 11.5. The van der Waals surface area contributed by atoms with Gasteiger partial charge in [-0.1, -0.05) is 45.9 Å². The molecule has 1 unspecified atom stereocenters. The van der Waals surface area contributed by atoms with Gasteiger partial charge < -0.3 is 44.8 Å². The summed E-state index contributed by atoms with van der Waals surface area (Å²) < 4.78 is 9.51. The molecule has 4 aromatic rings. The summed E-state index contributed by atoms with van der Waals surface area (Å²) in [5.41, 5.74) is 5.61. The Morgan fingerprint density at radius 3 is 1.69 bits per heavy atom. The lowest BCUT2D eigenvalue weighted by atomic mass is 10.0. The second kappa shape index (κ2) is 16.7. The number of alkyl carbamates (subject to hydrolysis) is 2. The summed E-state index contributed by atoms with van der Waals surface area (Å²) in [5.74, 6) is 0.666. The molecule has 0 radical (unpaired) electrons. The van der Waals surface area contributed by atoms with Crippen LogP contribution in [0.5, 0.6) is 0 Å². The van der Waals surface area contributed by atoms with E-state index in [1.54, 1.807) is 27.1 Å². The molecular weight excluding hydrogens is 743 g/mol. The average molecular weight is 794 g/mol. The predicted octanol–water partition coefficient (Wildman–Crippen LogP) is 5.72. The minimum atomic E-state index is -0.719. The number of nitrogens with one attached hydrogen (secondary N) is 4. The van der Waals surface area contributed by atoms with E-state index in [1.165, 1.54) is 14.2 Å². The van der Waals surface area contributed by atoms with Gasteiger partial charge in [0.1, 0.15) is 23.7 Å². The molecule has 4 N–H and O–H groups in total. The highest BCUT2D eigenvalue weighted by Gasteiger charge is 2.39. The third-order valence-electron chi connectivity index (χ3n) is 11.4. The molecule has 16 heteroatoms. The Hall–Kier alpha value is -6.19. The van der Waals surface area contributed by atoms with Crippen LogP contribution in [0.15, 0.2) is 54.9 Å². The van der Waals surface area contributed by atoms with Crippen LogP contribution in [0.2, 0.25) is 0 Å². The minimum absolute atomic E-state index is 0.0869. The van der Waals surface area contributed by atoms with Crippen LogP contribution in [-0.2, 0) is 25.6 Å². The Kier molecular flexibility index (Phi) is 11.5. The van der Waals surface area contributed by atoms with E-state index in [2.05, 4.69) is 30.6 Å². The van der Waals surface area contributed by atoms with Crippen LogP contribution >= 0.6 is 0 Å². The average Bonchev–Trinajstić information content (AvgIpc) is 4.08. The van der Waals surface area contributed by atoms with Crippen LogP contribution in [0.1, 0.15) is 93.0 Å². The molecule has 4 atom stereocenters. The summed E-state index contributed by atoms with van der Waals surface area (Å²) in [6.07, 6.45) is 5.35. The van der Waals surface area contributed by atoms with E-state index >= 15 is 0 Å². The number of hydrogen-bond acceptors (Lipinski definition) is 9. The zero-order chi connectivity index (χ0) is 41.2. The van der Waals surface area contributed by atoms with Crippen molar-refractivity contribution in [2.75, 3.05) is 32.2 Å². The van der Waals surface area contributed by atoms with Crippen molar-refractivity contribution in [3.05, 3.63) is 77.6 Å². The summed E-state index contributed by atoms with van der Waals surface area (Å²) in [6.45, 7) is 9.07. The Labute approximate surface area is 337 Å². The molecule has 58 heavy (non-hydrogen) atoms.